The van der Waals surface area contributed by atoms with Crippen molar-refractivity contribution < 1.29 is 14.7 Å². The fourth-order valence-electron chi connectivity index (χ4n) is 2.58. The summed E-state index contributed by atoms with van der Waals surface area (Å²) in [5.41, 5.74) is 1.60. The maximum atomic E-state index is 12.3. The summed E-state index contributed by atoms with van der Waals surface area (Å²) in [6, 6.07) is 8.00. The molecule has 20 heavy (non-hydrogen) atoms. The number of thioether (sulfide) groups is 1. The van der Waals surface area contributed by atoms with Crippen LogP contribution in [0.15, 0.2) is 24.3 Å². The Hall–Kier alpha value is -1.49. The second-order valence-electron chi connectivity index (χ2n) is 5.50. The molecule has 1 aliphatic carbocycles. The molecular weight excluding hydrogens is 274 g/mol. The van der Waals surface area contributed by atoms with Gasteiger partial charge in [0, 0.05) is 6.54 Å². The molecular formula is C15H17NO3S. The highest BCUT2D eigenvalue weighted by molar-refractivity contribution is 8.00. The number of hydrogen-bond donors (Lipinski definition) is 2. The van der Waals surface area contributed by atoms with Crippen LogP contribution in [0.5, 0.6) is 0 Å². The highest BCUT2D eigenvalue weighted by atomic mass is 32.2. The number of aliphatic carboxylic acids is 1. The minimum atomic E-state index is -0.797. The number of fused-ring (bicyclic) bond motifs is 1. The van der Waals surface area contributed by atoms with Crippen molar-refractivity contribution >= 4 is 23.6 Å². The summed E-state index contributed by atoms with van der Waals surface area (Å²) >= 11 is 1.63. The molecule has 0 radical (unpaired) electrons. The average Bonchev–Trinajstić information content (AvgIpc) is 3.25. The van der Waals surface area contributed by atoms with Crippen molar-refractivity contribution in [1.29, 1.82) is 0 Å². The lowest BCUT2D eigenvalue weighted by Gasteiger charge is -2.24. The number of carbonyl (C=O) groups excluding carboxylic acids is 1. The summed E-state index contributed by atoms with van der Waals surface area (Å²) in [6.45, 7) is 0.250. The number of carboxylic acids is 1. The first-order valence-corrected chi connectivity index (χ1v) is 7.88. The molecule has 0 bridgehead atoms. The highest BCUT2D eigenvalue weighted by Gasteiger charge is 2.50. The molecule has 1 aromatic rings. The summed E-state index contributed by atoms with van der Waals surface area (Å²) in [7, 11) is 0. The zero-order valence-electron chi connectivity index (χ0n) is 11.1. The van der Waals surface area contributed by atoms with Crippen LogP contribution in [-0.4, -0.2) is 29.3 Å². The van der Waals surface area contributed by atoms with Gasteiger partial charge in [0.05, 0.1) is 5.41 Å². The third-order valence-electron chi connectivity index (χ3n) is 4.14. The van der Waals surface area contributed by atoms with Gasteiger partial charge in [0.15, 0.2) is 0 Å². The van der Waals surface area contributed by atoms with Gasteiger partial charge in [0.2, 0.25) is 5.91 Å². The van der Waals surface area contributed by atoms with E-state index in [0.29, 0.717) is 12.8 Å². The summed E-state index contributed by atoms with van der Waals surface area (Å²) < 4.78 is 0. The molecule has 2 aliphatic rings. The van der Waals surface area contributed by atoms with Crippen molar-refractivity contribution in [3.8, 4) is 0 Å². The van der Waals surface area contributed by atoms with E-state index in [2.05, 4.69) is 11.4 Å². The van der Waals surface area contributed by atoms with Crippen LogP contribution in [0.2, 0.25) is 0 Å². The summed E-state index contributed by atoms with van der Waals surface area (Å²) in [5, 5.41) is 11.8. The van der Waals surface area contributed by atoms with Crippen LogP contribution >= 0.6 is 11.8 Å². The predicted octanol–water partition coefficient (Wildman–Crippen LogP) is 2.00. The van der Waals surface area contributed by atoms with Gasteiger partial charge in [-0.25, -0.2) is 0 Å². The van der Waals surface area contributed by atoms with E-state index in [9.17, 15) is 9.59 Å². The lowest BCUT2D eigenvalue weighted by atomic mass is 10.0. The number of nitrogens with one attached hydrogen (secondary N) is 1. The molecule has 1 atom stereocenters. The highest BCUT2D eigenvalue weighted by Crippen LogP contribution is 2.45. The maximum Gasteiger partial charge on any atom is 0.311 e. The molecule has 1 fully saturated rings. The van der Waals surface area contributed by atoms with E-state index < -0.39 is 11.4 Å². The third-order valence-corrected chi connectivity index (χ3v) is 5.38. The molecule has 4 nitrogen and oxygen atoms in total. The van der Waals surface area contributed by atoms with E-state index in [1.807, 2.05) is 18.2 Å². The van der Waals surface area contributed by atoms with E-state index >= 15 is 0 Å². The number of carbonyl (C=O) groups is 2. The zero-order chi connectivity index (χ0) is 14.2. The number of benzene rings is 1. The maximum absolute atomic E-state index is 12.3. The Morgan fingerprint density at radius 1 is 1.35 bits per heavy atom. The van der Waals surface area contributed by atoms with Crippen LogP contribution in [0.3, 0.4) is 0 Å². The van der Waals surface area contributed by atoms with Crippen LogP contribution < -0.4 is 5.32 Å². The van der Waals surface area contributed by atoms with Crippen molar-refractivity contribution in [2.24, 2.45) is 5.41 Å². The van der Waals surface area contributed by atoms with E-state index in [1.54, 1.807) is 11.8 Å². The molecule has 2 N–H and O–H groups in total. The van der Waals surface area contributed by atoms with Crippen LogP contribution in [0.1, 0.15) is 29.2 Å². The zero-order valence-corrected chi connectivity index (χ0v) is 11.9. The summed E-state index contributed by atoms with van der Waals surface area (Å²) in [6.07, 6.45) is 2.32. The molecule has 0 spiro atoms. The molecule has 1 unspecified atom stereocenters. The van der Waals surface area contributed by atoms with Crippen LogP contribution in [0.4, 0.5) is 0 Å². The number of hydrogen-bond acceptors (Lipinski definition) is 3. The van der Waals surface area contributed by atoms with Crippen LogP contribution in [-0.2, 0) is 16.0 Å². The minimum Gasteiger partial charge on any atom is -0.481 e. The molecule has 1 aromatic carbocycles. The minimum absolute atomic E-state index is 0.0605. The molecule has 106 valence electrons. The van der Waals surface area contributed by atoms with Crippen molar-refractivity contribution in [2.45, 2.75) is 24.5 Å². The van der Waals surface area contributed by atoms with Gasteiger partial charge in [-0.1, -0.05) is 24.3 Å². The quantitative estimate of drug-likeness (QED) is 0.890. The summed E-state index contributed by atoms with van der Waals surface area (Å²) in [5.74, 6) is 0.0725. The molecule has 0 saturated heterocycles. The third kappa shape index (κ3) is 2.42. The van der Waals surface area contributed by atoms with Gasteiger partial charge in [-0.3, -0.25) is 9.59 Å². The van der Waals surface area contributed by atoms with E-state index in [-0.39, 0.29) is 17.7 Å². The van der Waals surface area contributed by atoms with Crippen molar-refractivity contribution in [3.05, 3.63) is 35.4 Å². The van der Waals surface area contributed by atoms with Crippen molar-refractivity contribution in [3.63, 3.8) is 0 Å². The van der Waals surface area contributed by atoms with Crippen LogP contribution in [0, 0.1) is 5.41 Å². The first kappa shape index (κ1) is 13.5. The van der Waals surface area contributed by atoms with Gasteiger partial charge in [-0.15, -0.1) is 11.8 Å². The molecule has 1 saturated carbocycles. The number of amides is 1. The van der Waals surface area contributed by atoms with Gasteiger partial charge in [0.25, 0.3) is 0 Å². The molecule has 5 heteroatoms. The van der Waals surface area contributed by atoms with E-state index in [1.165, 1.54) is 5.56 Å². The molecule has 1 aliphatic heterocycles. The smallest absolute Gasteiger partial charge is 0.311 e. The average molecular weight is 291 g/mol. The normalized spacial score (nSPS) is 22.7. The molecule has 1 amide bonds. The SMILES string of the molecule is O=C(NCC1(C(=O)O)CC1)C1SCCc2ccccc21. The van der Waals surface area contributed by atoms with Gasteiger partial charge in [-0.05, 0) is 36.1 Å². The second-order valence-corrected chi connectivity index (χ2v) is 6.72. The predicted molar refractivity (Wildman–Crippen MR) is 77.7 cm³/mol. The van der Waals surface area contributed by atoms with E-state index in [4.69, 9.17) is 5.11 Å². The van der Waals surface area contributed by atoms with Crippen LogP contribution in [0.25, 0.3) is 0 Å². The fraction of sp³-hybridized carbons (Fsp3) is 0.467. The standard InChI is InChI=1S/C15H17NO3S/c17-13(16-9-15(6-7-15)14(18)19)12-11-4-2-1-3-10(11)5-8-20-12/h1-4,12H,5-9H2,(H,16,17)(H,18,19). The largest absolute Gasteiger partial charge is 0.481 e. The fourth-order valence-corrected chi connectivity index (χ4v) is 3.79. The van der Waals surface area contributed by atoms with Gasteiger partial charge >= 0.3 is 5.97 Å². The first-order chi connectivity index (χ1) is 9.62. The Kier molecular flexibility index (Phi) is 3.46. The van der Waals surface area contributed by atoms with Crippen molar-refractivity contribution in [1.82, 2.24) is 5.32 Å². The number of aryl methyl sites for hydroxylation is 1. The number of rotatable bonds is 4. The Bertz CT molecular complexity index is 554. The van der Waals surface area contributed by atoms with E-state index in [0.717, 1.165) is 17.7 Å². The topological polar surface area (TPSA) is 66.4 Å². The lowest BCUT2D eigenvalue weighted by molar-refractivity contribution is -0.143. The Morgan fingerprint density at radius 3 is 2.80 bits per heavy atom. The molecule has 0 aromatic heterocycles. The Balaban J connectivity index is 1.68. The first-order valence-electron chi connectivity index (χ1n) is 6.83. The van der Waals surface area contributed by atoms with Gasteiger partial charge < -0.3 is 10.4 Å². The molecule has 1 heterocycles. The van der Waals surface area contributed by atoms with Crippen molar-refractivity contribution in [2.75, 3.05) is 12.3 Å². The molecule has 3 rings (SSSR count). The van der Waals surface area contributed by atoms with Gasteiger partial charge in [0.1, 0.15) is 5.25 Å². The Morgan fingerprint density at radius 2 is 2.10 bits per heavy atom. The monoisotopic (exact) mass is 291 g/mol. The summed E-state index contributed by atoms with van der Waals surface area (Å²) in [4.78, 5) is 23.4. The lowest BCUT2D eigenvalue weighted by Crippen LogP contribution is -2.37. The second kappa shape index (κ2) is 5.13. The van der Waals surface area contributed by atoms with Gasteiger partial charge in [-0.2, -0.15) is 0 Å². The Labute approximate surface area is 121 Å². The number of carboxylic acid groups (broad SMARTS) is 1.